The first-order valence-corrected chi connectivity index (χ1v) is 5.10. The van der Waals surface area contributed by atoms with Gasteiger partial charge in [-0.2, -0.15) is 0 Å². The molecule has 0 radical (unpaired) electrons. The maximum absolute atomic E-state index is 3.37. The van der Waals surface area contributed by atoms with E-state index in [1.807, 2.05) is 0 Å². The molecule has 2 fully saturated rings. The van der Waals surface area contributed by atoms with Gasteiger partial charge in [-0.05, 0) is 51.7 Å². The van der Waals surface area contributed by atoms with Crippen LogP contribution in [0.4, 0.5) is 0 Å². The molecule has 12 heavy (non-hydrogen) atoms. The molecule has 1 spiro atoms. The van der Waals surface area contributed by atoms with Crippen LogP contribution in [0.3, 0.4) is 0 Å². The van der Waals surface area contributed by atoms with Gasteiger partial charge in [-0.25, -0.2) is 0 Å². The lowest BCUT2D eigenvalue weighted by Crippen LogP contribution is -2.54. The Labute approximate surface area is 75.3 Å². The van der Waals surface area contributed by atoms with E-state index in [-0.39, 0.29) is 0 Å². The summed E-state index contributed by atoms with van der Waals surface area (Å²) in [6, 6.07) is 0.816. The van der Waals surface area contributed by atoms with Gasteiger partial charge in [-0.15, -0.1) is 0 Å². The molecule has 0 atom stereocenters. The number of hydrogen-bond donors (Lipinski definition) is 1. The predicted octanol–water partition coefficient (Wildman–Crippen LogP) is 1.08. The molecule has 2 aliphatic rings. The van der Waals surface area contributed by atoms with Crippen molar-refractivity contribution in [1.82, 2.24) is 10.2 Å². The zero-order valence-corrected chi connectivity index (χ0v) is 8.27. The molecule has 0 aromatic heterocycles. The van der Waals surface area contributed by atoms with Crippen LogP contribution in [0.15, 0.2) is 0 Å². The van der Waals surface area contributed by atoms with Gasteiger partial charge in [0.1, 0.15) is 0 Å². The summed E-state index contributed by atoms with van der Waals surface area (Å²) >= 11 is 0. The van der Waals surface area contributed by atoms with Crippen LogP contribution in [0.1, 0.15) is 25.7 Å². The normalized spacial score (nSPS) is 43.0. The molecule has 0 bridgehead atoms. The quantitative estimate of drug-likeness (QED) is 0.630. The Morgan fingerprint density at radius 1 is 1.42 bits per heavy atom. The topological polar surface area (TPSA) is 15.3 Å². The first-order valence-electron chi connectivity index (χ1n) is 5.10. The third-order valence-corrected chi connectivity index (χ3v) is 3.62. The zero-order chi connectivity index (χ0) is 8.60. The summed E-state index contributed by atoms with van der Waals surface area (Å²) in [5, 5.41) is 3.37. The minimum Gasteiger partial charge on any atom is -0.317 e. The molecule has 1 N–H and O–H groups in total. The van der Waals surface area contributed by atoms with Gasteiger partial charge in [0.2, 0.25) is 0 Å². The van der Waals surface area contributed by atoms with E-state index in [1.54, 1.807) is 0 Å². The molecule has 2 nitrogen and oxygen atoms in total. The van der Waals surface area contributed by atoms with Crippen molar-refractivity contribution in [2.75, 3.05) is 27.2 Å². The minimum atomic E-state index is 0.709. The second kappa shape index (κ2) is 3.00. The van der Waals surface area contributed by atoms with Gasteiger partial charge in [0.25, 0.3) is 0 Å². The van der Waals surface area contributed by atoms with Crippen LogP contribution in [0.5, 0.6) is 0 Å². The Morgan fingerprint density at radius 2 is 2.17 bits per heavy atom. The highest BCUT2D eigenvalue weighted by atomic mass is 15.1. The SMILES string of the molecule is CNC1CC2(CCCN(C)C2)C1. The molecule has 1 aliphatic carbocycles. The molecule has 70 valence electrons. The van der Waals surface area contributed by atoms with E-state index in [4.69, 9.17) is 0 Å². The van der Waals surface area contributed by atoms with Crippen molar-refractivity contribution >= 4 is 0 Å². The van der Waals surface area contributed by atoms with Crippen molar-refractivity contribution in [3.8, 4) is 0 Å². The summed E-state index contributed by atoms with van der Waals surface area (Å²) in [5.74, 6) is 0. The van der Waals surface area contributed by atoms with Gasteiger partial charge in [-0.3, -0.25) is 0 Å². The van der Waals surface area contributed by atoms with E-state index < -0.39 is 0 Å². The molecule has 0 aromatic rings. The maximum Gasteiger partial charge on any atom is 0.00756 e. The summed E-state index contributed by atoms with van der Waals surface area (Å²) in [4.78, 5) is 2.50. The fourth-order valence-electron chi connectivity index (χ4n) is 2.98. The van der Waals surface area contributed by atoms with Gasteiger partial charge < -0.3 is 10.2 Å². The Hall–Kier alpha value is -0.0800. The van der Waals surface area contributed by atoms with Crippen LogP contribution >= 0.6 is 0 Å². The molecule has 1 heterocycles. The van der Waals surface area contributed by atoms with Crippen LogP contribution in [0.2, 0.25) is 0 Å². The molecule has 0 aromatic carbocycles. The van der Waals surface area contributed by atoms with E-state index >= 15 is 0 Å². The molecule has 1 saturated carbocycles. The number of nitrogens with zero attached hydrogens (tertiary/aromatic N) is 1. The van der Waals surface area contributed by atoms with Crippen molar-refractivity contribution in [2.45, 2.75) is 31.7 Å². The summed E-state index contributed by atoms with van der Waals surface area (Å²) < 4.78 is 0. The number of hydrogen-bond acceptors (Lipinski definition) is 2. The summed E-state index contributed by atoms with van der Waals surface area (Å²) in [6.07, 6.45) is 5.70. The van der Waals surface area contributed by atoms with E-state index in [9.17, 15) is 0 Å². The van der Waals surface area contributed by atoms with Crippen molar-refractivity contribution in [3.05, 3.63) is 0 Å². The van der Waals surface area contributed by atoms with Crippen molar-refractivity contribution in [2.24, 2.45) is 5.41 Å². The van der Waals surface area contributed by atoms with Crippen LogP contribution in [0, 0.1) is 5.41 Å². The van der Waals surface area contributed by atoms with Crippen LogP contribution in [0.25, 0.3) is 0 Å². The first kappa shape index (κ1) is 8.52. The van der Waals surface area contributed by atoms with E-state index in [0.29, 0.717) is 5.41 Å². The average molecular weight is 168 g/mol. The Kier molecular flexibility index (Phi) is 2.13. The lowest BCUT2D eigenvalue weighted by atomic mass is 9.61. The third kappa shape index (κ3) is 1.38. The minimum absolute atomic E-state index is 0.709. The summed E-state index contributed by atoms with van der Waals surface area (Å²) in [7, 11) is 4.34. The number of piperidine rings is 1. The largest absolute Gasteiger partial charge is 0.317 e. The predicted molar refractivity (Wildman–Crippen MR) is 51.2 cm³/mol. The van der Waals surface area contributed by atoms with Crippen molar-refractivity contribution < 1.29 is 0 Å². The fourth-order valence-corrected chi connectivity index (χ4v) is 2.98. The number of nitrogens with one attached hydrogen (secondary N) is 1. The van der Waals surface area contributed by atoms with E-state index in [0.717, 1.165) is 6.04 Å². The second-order valence-corrected chi connectivity index (χ2v) is 4.74. The van der Waals surface area contributed by atoms with Gasteiger partial charge >= 0.3 is 0 Å². The van der Waals surface area contributed by atoms with E-state index in [2.05, 4.69) is 24.3 Å². The smallest absolute Gasteiger partial charge is 0.00756 e. The maximum atomic E-state index is 3.37. The Bertz CT molecular complexity index is 161. The van der Waals surface area contributed by atoms with Crippen molar-refractivity contribution in [3.63, 3.8) is 0 Å². The lowest BCUT2D eigenvalue weighted by Gasteiger charge is -2.52. The van der Waals surface area contributed by atoms with Crippen LogP contribution in [-0.4, -0.2) is 38.1 Å². The Morgan fingerprint density at radius 3 is 2.75 bits per heavy atom. The van der Waals surface area contributed by atoms with Gasteiger partial charge in [0.15, 0.2) is 0 Å². The Balaban J connectivity index is 1.88. The fraction of sp³-hybridized carbons (Fsp3) is 1.00. The van der Waals surface area contributed by atoms with Gasteiger partial charge in [-0.1, -0.05) is 0 Å². The van der Waals surface area contributed by atoms with Gasteiger partial charge in [0.05, 0.1) is 0 Å². The molecular formula is C10H20N2. The molecule has 2 rings (SSSR count). The molecule has 2 heteroatoms. The summed E-state index contributed by atoms with van der Waals surface area (Å²) in [6.45, 7) is 2.65. The highest BCUT2D eigenvalue weighted by Gasteiger charge is 2.44. The first-order chi connectivity index (χ1) is 5.74. The summed E-state index contributed by atoms with van der Waals surface area (Å²) in [5.41, 5.74) is 0.709. The molecule has 0 amide bonds. The lowest BCUT2D eigenvalue weighted by molar-refractivity contribution is 0.00706. The highest BCUT2D eigenvalue weighted by Crippen LogP contribution is 2.47. The van der Waals surface area contributed by atoms with Gasteiger partial charge in [0, 0.05) is 12.6 Å². The molecular weight excluding hydrogens is 148 g/mol. The third-order valence-electron chi connectivity index (χ3n) is 3.62. The second-order valence-electron chi connectivity index (χ2n) is 4.74. The standard InChI is InChI=1S/C10H20N2/c1-11-9-6-10(7-9)4-3-5-12(2)8-10/h9,11H,3-8H2,1-2H3. The number of rotatable bonds is 1. The highest BCUT2D eigenvalue weighted by molar-refractivity contribution is 5.00. The zero-order valence-electron chi connectivity index (χ0n) is 8.27. The molecule has 1 saturated heterocycles. The average Bonchev–Trinajstić information content (AvgIpc) is 1.99. The monoisotopic (exact) mass is 168 g/mol. The number of likely N-dealkylation sites (tertiary alicyclic amines) is 1. The van der Waals surface area contributed by atoms with Crippen LogP contribution in [-0.2, 0) is 0 Å². The molecule has 1 aliphatic heterocycles. The van der Waals surface area contributed by atoms with Crippen LogP contribution < -0.4 is 5.32 Å². The van der Waals surface area contributed by atoms with Crippen molar-refractivity contribution in [1.29, 1.82) is 0 Å². The van der Waals surface area contributed by atoms with E-state index in [1.165, 1.54) is 38.8 Å². The molecule has 0 unspecified atom stereocenters.